The number of nitrogens with zero attached hydrogens (tertiary/aromatic N) is 2. The number of carbonyl (C=O) groups is 2. The zero-order chi connectivity index (χ0) is 27.5. The Hall–Kier alpha value is -3.74. The number of Topliss-reactive ketones (excluding diaryl/α,β-unsaturated/α-hetero) is 1. The molecule has 2 aromatic rings. The van der Waals surface area contributed by atoms with Crippen molar-refractivity contribution in [2.24, 2.45) is 0 Å². The van der Waals surface area contributed by atoms with Gasteiger partial charge in [-0.3, -0.25) is 19.7 Å². The summed E-state index contributed by atoms with van der Waals surface area (Å²) in [7, 11) is 0. The summed E-state index contributed by atoms with van der Waals surface area (Å²) in [6, 6.07) is 7.30. The van der Waals surface area contributed by atoms with Gasteiger partial charge in [0.15, 0.2) is 11.6 Å². The van der Waals surface area contributed by atoms with E-state index in [-0.39, 0.29) is 42.8 Å². The minimum Gasteiger partial charge on any atom is -0.481 e. The summed E-state index contributed by atoms with van der Waals surface area (Å²) in [5.41, 5.74) is 0.453. The molecule has 4 unspecified atom stereocenters. The second kappa shape index (κ2) is 14.1. The van der Waals surface area contributed by atoms with Crippen LogP contribution >= 0.6 is 0 Å². The summed E-state index contributed by atoms with van der Waals surface area (Å²) in [6.45, 7) is 4.90. The van der Waals surface area contributed by atoms with Crippen LogP contribution in [-0.4, -0.2) is 68.3 Å². The van der Waals surface area contributed by atoms with Crippen molar-refractivity contribution in [3.63, 3.8) is 0 Å². The van der Waals surface area contributed by atoms with Gasteiger partial charge in [-0.05, 0) is 25.8 Å². The Bertz CT molecular complexity index is 1150. The Morgan fingerprint density at radius 1 is 1.16 bits per heavy atom. The van der Waals surface area contributed by atoms with Crippen molar-refractivity contribution < 1.29 is 19.8 Å². The summed E-state index contributed by atoms with van der Waals surface area (Å²) in [6.07, 6.45) is 1.06. The molecule has 0 saturated heterocycles. The van der Waals surface area contributed by atoms with Crippen LogP contribution in [0.3, 0.4) is 0 Å². The maximum Gasteiger partial charge on any atom is 0.305 e. The van der Waals surface area contributed by atoms with Crippen molar-refractivity contribution in [3.05, 3.63) is 58.6 Å². The van der Waals surface area contributed by atoms with Crippen LogP contribution in [0.25, 0.3) is 0 Å². The van der Waals surface area contributed by atoms with Gasteiger partial charge in [0.1, 0.15) is 6.23 Å². The van der Waals surface area contributed by atoms with Crippen molar-refractivity contribution >= 4 is 29.0 Å². The lowest BCUT2D eigenvalue weighted by molar-refractivity contribution is -0.140. The SMILES string of the molecule is CCC(C(O)NC(CC(=O)O)C(=O)CNC(C)c1ccccc1)n1ccnc(NCC(=N)C(C)=N)c1=O. The Labute approximate surface area is 215 Å². The van der Waals surface area contributed by atoms with E-state index in [1.807, 2.05) is 37.3 Å². The van der Waals surface area contributed by atoms with Gasteiger partial charge in [-0.1, -0.05) is 37.3 Å². The number of benzene rings is 1. The van der Waals surface area contributed by atoms with E-state index in [1.54, 1.807) is 6.92 Å². The third-order valence-corrected chi connectivity index (χ3v) is 5.91. The molecule has 0 aliphatic heterocycles. The number of carboxylic acid groups (broad SMARTS) is 1. The lowest BCUT2D eigenvalue weighted by atomic mass is 10.1. The Kier molecular flexibility index (Phi) is 11.2. The number of carboxylic acids is 1. The third-order valence-electron chi connectivity index (χ3n) is 5.91. The number of hydrogen-bond acceptors (Lipinski definition) is 10. The monoisotopic (exact) mass is 513 g/mol. The van der Waals surface area contributed by atoms with Crippen LogP contribution in [0.15, 0.2) is 47.5 Å². The van der Waals surface area contributed by atoms with E-state index < -0.39 is 42.0 Å². The van der Waals surface area contributed by atoms with Crippen LogP contribution in [0, 0.1) is 10.8 Å². The first-order valence-electron chi connectivity index (χ1n) is 12.0. The maximum absolute atomic E-state index is 13.0. The number of carbonyl (C=O) groups excluding carboxylic acids is 1. The van der Waals surface area contributed by atoms with E-state index in [4.69, 9.17) is 10.8 Å². The predicted molar refractivity (Wildman–Crippen MR) is 140 cm³/mol. The molecular weight excluding hydrogens is 478 g/mol. The molecule has 0 aliphatic rings. The molecule has 200 valence electrons. The Morgan fingerprint density at radius 3 is 2.43 bits per heavy atom. The van der Waals surface area contributed by atoms with Crippen LogP contribution in [0.5, 0.6) is 0 Å². The lowest BCUT2D eigenvalue weighted by Crippen LogP contribution is -2.51. The van der Waals surface area contributed by atoms with Crippen molar-refractivity contribution in [2.75, 3.05) is 18.4 Å². The van der Waals surface area contributed by atoms with Crippen molar-refractivity contribution in [1.82, 2.24) is 20.2 Å². The number of aromatic nitrogens is 2. The second-order valence-electron chi connectivity index (χ2n) is 8.66. The Morgan fingerprint density at radius 2 is 1.84 bits per heavy atom. The minimum absolute atomic E-state index is 0.00411. The molecule has 0 radical (unpaired) electrons. The lowest BCUT2D eigenvalue weighted by Gasteiger charge is -2.28. The molecule has 12 heteroatoms. The number of aliphatic hydroxyl groups excluding tert-OH is 1. The van der Waals surface area contributed by atoms with Gasteiger partial charge in [0.2, 0.25) is 0 Å². The molecule has 37 heavy (non-hydrogen) atoms. The number of aliphatic hydroxyl groups is 1. The molecule has 0 aliphatic carbocycles. The molecule has 0 amide bonds. The van der Waals surface area contributed by atoms with E-state index in [0.29, 0.717) is 0 Å². The highest BCUT2D eigenvalue weighted by Crippen LogP contribution is 2.15. The van der Waals surface area contributed by atoms with E-state index in [2.05, 4.69) is 20.9 Å². The van der Waals surface area contributed by atoms with Gasteiger partial charge >= 0.3 is 5.97 Å². The molecule has 1 aromatic carbocycles. The summed E-state index contributed by atoms with van der Waals surface area (Å²) in [5.74, 6) is -1.71. The molecular formula is C25H35N7O5. The Balaban J connectivity index is 2.14. The van der Waals surface area contributed by atoms with E-state index in [9.17, 15) is 24.6 Å². The number of ketones is 1. The second-order valence-corrected chi connectivity index (χ2v) is 8.66. The molecule has 0 spiro atoms. The quantitative estimate of drug-likeness (QED) is 0.128. The number of aliphatic carboxylic acids is 1. The fourth-order valence-electron chi connectivity index (χ4n) is 3.68. The van der Waals surface area contributed by atoms with E-state index in [0.717, 1.165) is 5.56 Å². The van der Waals surface area contributed by atoms with Gasteiger partial charge in [-0.15, -0.1) is 0 Å². The summed E-state index contributed by atoms with van der Waals surface area (Å²) < 4.78 is 1.24. The fraction of sp³-hybridized carbons (Fsp3) is 0.440. The van der Waals surface area contributed by atoms with E-state index >= 15 is 0 Å². The zero-order valence-electron chi connectivity index (χ0n) is 21.2. The molecule has 2 rings (SSSR count). The highest BCUT2D eigenvalue weighted by molar-refractivity contribution is 6.40. The molecule has 7 N–H and O–H groups in total. The standard InChI is InChI=1S/C25H35N7O5/c1-4-20(32-11-10-28-23(25(32)37)30-13-18(27)15(2)26)24(36)31-19(12-22(34)35)21(33)14-29-16(3)17-8-6-5-7-9-17/h5-11,16,19-20,24,26-27,29,31,36H,4,12-14H2,1-3H3,(H,28,30)(H,34,35). The van der Waals surface area contributed by atoms with Crippen molar-refractivity contribution in [1.29, 1.82) is 10.8 Å². The summed E-state index contributed by atoms with van der Waals surface area (Å²) in [5, 5.41) is 44.0. The smallest absolute Gasteiger partial charge is 0.305 e. The van der Waals surface area contributed by atoms with Gasteiger partial charge < -0.3 is 36.2 Å². The van der Waals surface area contributed by atoms with Gasteiger partial charge in [-0.2, -0.15) is 0 Å². The molecule has 0 saturated carbocycles. The van der Waals surface area contributed by atoms with Gasteiger partial charge in [0.05, 0.1) is 43.0 Å². The summed E-state index contributed by atoms with van der Waals surface area (Å²) >= 11 is 0. The summed E-state index contributed by atoms with van der Waals surface area (Å²) in [4.78, 5) is 41.3. The molecule has 0 fully saturated rings. The number of rotatable bonds is 16. The average Bonchev–Trinajstić information content (AvgIpc) is 2.87. The fourth-order valence-corrected chi connectivity index (χ4v) is 3.68. The normalized spacial score (nSPS) is 14.3. The molecule has 1 aromatic heterocycles. The zero-order valence-corrected chi connectivity index (χ0v) is 21.2. The first-order valence-corrected chi connectivity index (χ1v) is 12.0. The molecule has 4 atom stereocenters. The number of nitrogens with one attached hydrogen (secondary N) is 5. The highest BCUT2D eigenvalue weighted by atomic mass is 16.4. The van der Waals surface area contributed by atoms with Crippen molar-refractivity contribution in [2.45, 2.75) is 58.0 Å². The molecule has 1 heterocycles. The molecule has 12 nitrogen and oxygen atoms in total. The van der Waals surface area contributed by atoms with Gasteiger partial charge in [0.25, 0.3) is 5.56 Å². The number of anilines is 1. The predicted octanol–water partition coefficient (Wildman–Crippen LogP) is 1.34. The first-order chi connectivity index (χ1) is 17.5. The van der Waals surface area contributed by atoms with Gasteiger partial charge in [0, 0.05) is 18.4 Å². The minimum atomic E-state index is -1.42. The van der Waals surface area contributed by atoms with Crippen LogP contribution in [-0.2, 0) is 9.59 Å². The third kappa shape index (κ3) is 8.70. The first kappa shape index (κ1) is 29.5. The van der Waals surface area contributed by atoms with Crippen molar-refractivity contribution in [3.8, 4) is 0 Å². The topological polar surface area (TPSA) is 193 Å². The molecule has 0 bridgehead atoms. The largest absolute Gasteiger partial charge is 0.481 e. The van der Waals surface area contributed by atoms with Crippen LogP contribution in [0.4, 0.5) is 5.82 Å². The average molecular weight is 514 g/mol. The maximum atomic E-state index is 13.0. The number of hydrogen-bond donors (Lipinski definition) is 7. The van der Waals surface area contributed by atoms with E-state index in [1.165, 1.54) is 23.9 Å². The highest BCUT2D eigenvalue weighted by Gasteiger charge is 2.29. The van der Waals surface area contributed by atoms with Crippen LogP contribution in [0.2, 0.25) is 0 Å². The van der Waals surface area contributed by atoms with Crippen LogP contribution in [0.1, 0.15) is 51.3 Å². The van der Waals surface area contributed by atoms with Crippen LogP contribution < -0.4 is 21.5 Å². The van der Waals surface area contributed by atoms with Gasteiger partial charge in [-0.25, -0.2) is 4.98 Å².